The Bertz CT molecular complexity index is 675. The quantitative estimate of drug-likeness (QED) is 0.778. The van der Waals surface area contributed by atoms with Gasteiger partial charge in [-0.05, 0) is 23.8 Å². The zero-order chi connectivity index (χ0) is 14.8. The third kappa shape index (κ3) is 3.09. The summed E-state index contributed by atoms with van der Waals surface area (Å²) in [4.78, 5) is 3.75. The zero-order valence-corrected chi connectivity index (χ0v) is 10.8. The first-order valence-electron chi connectivity index (χ1n) is 5.62. The first-order valence-corrected chi connectivity index (χ1v) is 6.00. The maximum absolute atomic E-state index is 12.9. The second kappa shape index (κ2) is 5.51. The van der Waals surface area contributed by atoms with E-state index in [-0.39, 0.29) is 17.3 Å². The highest BCUT2D eigenvalue weighted by Crippen LogP contribution is 2.33. The molecule has 0 N–H and O–H groups in total. The van der Waals surface area contributed by atoms with E-state index in [0.29, 0.717) is 11.1 Å². The van der Waals surface area contributed by atoms with E-state index in [1.807, 2.05) is 6.07 Å². The number of rotatable bonds is 2. The lowest BCUT2D eigenvalue weighted by molar-refractivity contribution is -0.138. The summed E-state index contributed by atoms with van der Waals surface area (Å²) >= 11 is 5.66. The third-order valence-corrected chi connectivity index (χ3v) is 2.95. The molecule has 1 aromatic carbocycles. The van der Waals surface area contributed by atoms with Gasteiger partial charge in [-0.2, -0.15) is 18.4 Å². The van der Waals surface area contributed by atoms with E-state index in [1.54, 1.807) is 24.3 Å². The molecule has 6 heteroatoms. The molecule has 0 saturated heterocycles. The molecule has 1 heterocycles. The van der Waals surface area contributed by atoms with Gasteiger partial charge in [0.25, 0.3) is 0 Å². The zero-order valence-electron chi connectivity index (χ0n) is 10.1. The summed E-state index contributed by atoms with van der Waals surface area (Å²) in [5, 5.41) is 8.95. The summed E-state index contributed by atoms with van der Waals surface area (Å²) in [5.74, 6) is 0. The number of nitriles is 1. The molecule has 0 aliphatic rings. The molecule has 0 spiro atoms. The van der Waals surface area contributed by atoms with Crippen LogP contribution in [0.1, 0.15) is 22.4 Å². The predicted molar refractivity (Wildman–Crippen MR) is 68.2 cm³/mol. The lowest BCUT2D eigenvalue weighted by Crippen LogP contribution is -2.11. The van der Waals surface area contributed by atoms with Crippen molar-refractivity contribution in [1.29, 1.82) is 5.26 Å². The average molecular weight is 297 g/mol. The van der Waals surface area contributed by atoms with Gasteiger partial charge in [-0.1, -0.05) is 29.8 Å². The molecule has 0 atom stereocenters. The largest absolute Gasteiger partial charge is 0.418 e. The summed E-state index contributed by atoms with van der Waals surface area (Å²) in [6, 6.07) is 10.4. The number of alkyl halides is 3. The average Bonchev–Trinajstić information content (AvgIpc) is 2.38. The van der Waals surface area contributed by atoms with Crippen molar-refractivity contribution < 1.29 is 13.2 Å². The van der Waals surface area contributed by atoms with Crippen LogP contribution in [0, 0.1) is 11.3 Å². The Labute approximate surface area is 118 Å². The molecule has 0 saturated carbocycles. The van der Waals surface area contributed by atoms with Crippen LogP contribution in [0.2, 0.25) is 5.15 Å². The van der Waals surface area contributed by atoms with E-state index in [2.05, 4.69) is 4.98 Å². The molecule has 0 aliphatic heterocycles. The minimum Gasteiger partial charge on any atom is -0.240 e. The van der Waals surface area contributed by atoms with Crippen molar-refractivity contribution in [1.82, 2.24) is 4.98 Å². The molecule has 0 unspecified atom stereocenters. The molecular formula is C14H8ClF3N2. The van der Waals surface area contributed by atoms with Gasteiger partial charge in [0.05, 0.1) is 22.9 Å². The Balaban J connectivity index is 2.48. The molecule has 0 aliphatic carbocycles. The smallest absolute Gasteiger partial charge is 0.240 e. The van der Waals surface area contributed by atoms with Gasteiger partial charge in [0.15, 0.2) is 0 Å². The molecule has 0 fully saturated rings. The topological polar surface area (TPSA) is 36.7 Å². The summed E-state index contributed by atoms with van der Waals surface area (Å²) in [6.07, 6.45) is -4.60. The molecule has 2 rings (SSSR count). The van der Waals surface area contributed by atoms with Gasteiger partial charge in [0.2, 0.25) is 0 Å². The lowest BCUT2D eigenvalue weighted by atomic mass is 10.0. The van der Waals surface area contributed by atoms with E-state index in [1.165, 1.54) is 0 Å². The standard InChI is InChI=1S/C14H8ClF3N2/c15-13-6-5-11(14(16,17)18)12(20-13)7-9-3-1-2-4-10(9)8-19/h1-6H,7H2. The van der Waals surface area contributed by atoms with Crippen LogP contribution in [0.4, 0.5) is 13.2 Å². The van der Waals surface area contributed by atoms with Gasteiger partial charge in [0, 0.05) is 6.42 Å². The highest BCUT2D eigenvalue weighted by Gasteiger charge is 2.34. The van der Waals surface area contributed by atoms with Crippen molar-refractivity contribution in [2.75, 3.05) is 0 Å². The van der Waals surface area contributed by atoms with Crippen LogP contribution in [-0.4, -0.2) is 4.98 Å². The van der Waals surface area contributed by atoms with E-state index in [9.17, 15) is 13.2 Å². The lowest BCUT2D eigenvalue weighted by Gasteiger charge is -2.12. The van der Waals surface area contributed by atoms with E-state index in [0.717, 1.165) is 12.1 Å². The molecule has 1 aromatic heterocycles. The maximum atomic E-state index is 12.9. The minimum absolute atomic E-state index is 0.0116. The van der Waals surface area contributed by atoms with Crippen molar-refractivity contribution >= 4 is 11.6 Å². The van der Waals surface area contributed by atoms with Gasteiger partial charge >= 0.3 is 6.18 Å². The fourth-order valence-electron chi connectivity index (χ4n) is 1.83. The Hall–Kier alpha value is -2.06. The summed E-state index contributed by atoms with van der Waals surface area (Å²) < 4.78 is 38.8. The SMILES string of the molecule is N#Cc1ccccc1Cc1nc(Cl)ccc1C(F)(F)F. The molecule has 102 valence electrons. The number of aromatic nitrogens is 1. The molecule has 0 radical (unpaired) electrons. The highest BCUT2D eigenvalue weighted by molar-refractivity contribution is 6.29. The fourth-order valence-corrected chi connectivity index (χ4v) is 2.00. The number of hydrogen-bond donors (Lipinski definition) is 0. The normalized spacial score (nSPS) is 11.2. The Morgan fingerprint density at radius 1 is 1.15 bits per heavy atom. The Morgan fingerprint density at radius 2 is 1.85 bits per heavy atom. The third-order valence-electron chi connectivity index (χ3n) is 2.74. The summed E-state index contributed by atoms with van der Waals surface area (Å²) in [6.45, 7) is 0. The number of nitrogens with zero attached hydrogens (tertiary/aromatic N) is 2. The maximum Gasteiger partial charge on any atom is 0.418 e. The first-order chi connectivity index (χ1) is 9.41. The number of halogens is 4. The second-order valence-electron chi connectivity index (χ2n) is 4.07. The Morgan fingerprint density at radius 3 is 2.50 bits per heavy atom. The molecular weight excluding hydrogens is 289 g/mol. The molecule has 2 nitrogen and oxygen atoms in total. The van der Waals surface area contributed by atoms with Gasteiger partial charge in [-0.15, -0.1) is 0 Å². The molecule has 0 bridgehead atoms. The van der Waals surface area contributed by atoms with Crippen LogP contribution >= 0.6 is 11.6 Å². The molecule has 2 aromatic rings. The van der Waals surface area contributed by atoms with Crippen molar-refractivity contribution in [3.05, 3.63) is 63.9 Å². The van der Waals surface area contributed by atoms with Crippen LogP contribution in [0.15, 0.2) is 36.4 Å². The van der Waals surface area contributed by atoms with Crippen molar-refractivity contribution in [2.45, 2.75) is 12.6 Å². The van der Waals surface area contributed by atoms with Crippen LogP contribution < -0.4 is 0 Å². The van der Waals surface area contributed by atoms with Crippen LogP contribution in [0.25, 0.3) is 0 Å². The summed E-state index contributed by atoms with van der Waals surface area (Å²) in [5.41, 5.74) is -0.222. The number of benzene rings is 1. The fraction of sp³-hybridized carbons (Fsp3) is 0.143. The summed E-state index contributed by atoms with van der Waals surface area (Å²) in [7, 11) is 0. The Kier molecular flexibility index (Phi) is 3.96. The predicted octanol–water partition coefficient (Wildman–Crippen LogP) is 4.22. The van der Waals surface area contributed by atoms with Gasteiger partial charge in [-0.25, -0.2) is 4.98 Å². The van der Waals surface area contributed by atoms with Crippen molar-refractivity contribution in [3.63, 3.8) is 0 Å². The number of pyridine rings is 1. The van der Waals surface area contributed by atoms with Gasteiger partial charge in [-0.3, -0.25) is 0 Å². The van der Waals surface area contributed by atoms with E-state index < -0.39 is 11.7 Å². The molecule has 0 amide bonds. The van der Waals surface area contributed by atoms with Crippen LogP contribution in [0.5, 0.6) is 0 Å². The monoisotopic (exact) mass is 296 g/mol. The number of hydrogen-bond acceptors (Lipinski definition) is 2. The van der Waals surface area contributed by atoms with Gasteiger partial charge in [0.1, 0.15) is 5.15 Å². The van der Waals surface area contributed by atoms with Crippen molar-refractivity contribution in [3.8, 4) is 6.07 Å². The van der Waals surface area contributed by atoms with E-state index >= 15 is 0 Å². The van der Waals surface area contributed by atoms with Crippen molar-refractivity contribution in [2.24, 2.45) is 0 Å². The van der Waals surface area contributed by atoms with Crippen LogP contribution in [-0.2, 0) is 12.6 Å². The minimum atomic E-state index is -4.51. The molecule has 20 heavy (non-hydrogen) atoms. The second-order valence-corrected chi connectivity index (χ2v) is 4.46. The highest BCUT2D eigenvalue weighted by atomic mass is 35.5. The first kappa shape index (κ1) is 14.4. The van der Waals surface area contributed by atoms with Crippen LogP contribution in [0.3, 0.4) is 0 Å². The van der Waals surface area contributed by atoms with E-state index in [4.69, 9.17) is 16.9 Å². The van der Waals surface area contributed by atoms with Gasteiger partial charge < -0.3 is 0 Å².